The van der Waals surface area contributed by atoms with Gasteiger partial charge in [0, 0.05) is 16.3 Å². The molecule has 0 unspecified atom stereocenters. The molecule has 4 nitrogen and oxygen atoms in total. The van der Waals surface area contributed by atoms with E-state index in [9.17, 15) is 4.79 Å². The zero-order chi connectivity index (χ0) is 13.3. The summed E-state index contributed by atoms with van der Waals surface area (Å²) >= 11 is 1.32. The highest BCUT2D eigenvalue weighted by Gasteiger charge is 2.11. The Morgan fingerprint density at radius 1 is 1.33 bits per heavy atom. The van der Waals surface area contributed by atoms with Crippen LogP contribution in [0.2, 0.25) is 0 Å². The molecule has 96 valence electrons. The molecule has 5 heteroatoms. The Bertz CT molecular complexity index is 564. The molecule has 0 spiro atoms. The molecule has 0 amide bonds. The van der Waals surface area contributed by atoms with Gasteiger partial charge in [-0.25, -0.2) is 4.79 Å². The molecule has 0 aromatic carbocycles. The van der Waals surface area contributed by atoms with E-state index in [0.717, 1.165) is 21.8 Å². The van der Waals surface area contributed by atoms with Gasteiger partial charge in [-0.1, -0.05) is 0 Å². The Labute approximate surface area is 110 Å². The molecule has 2 N–H and O–H groups in total. The lowest BCUT2D eigenvalue weighted by Gasteiger charge is -2.12. The summed E-state index contributed by atoms with van der Waals surface area (Å²) in [6, 6.07) is 5.83. The molecule has 0 atom stereocenters. The number of carboxylic acids is 1. The smallest absolute Gasteiger partial charge is 0.345 e. The molecule has 2 rings (SSSR count). The molecule has 0 saturated heterocycles. The van der Waals surface area contributed by atoms with Crippen LogP contribution in [0.4, 0.5) is 0 Å². The highest BCUT2D eigenvalue weighted by molar-refractivity contribution is 7.14. The number of hydrogen-bond donors (Lipinski definition) is 2. The fraction of sp³-hybridized carbons (Fsp3) is 0.308. The normalized spacial score (nSPS) is 10.6. The van der Waals surface area contributed by atoms with Gasteiger partial charge in [-0.3, -0.25) is 4.68 Å². The lowest BCUT2D eigenvalue weighted by Crippen LogP contribution is -2.16. The number of hydrogen-bond acceptors (Lipinski definition) is 3. The first-order valence-electron chi connectivity index (χ1n) is 5.70. The predicted octanol–water partition coefficient (Wildman–Crippen LogP) is 2.92. The van der Waals surface area contributed by atoms with E-state index in [0.29, 0.717) is 11.4 Å². The molecule has 0 radical (unpaired) electrons. The third-order valence-corrected chi connectivity index (χ3v) is 4.01. The van der Waals surface area contributed by atoms with Crippen LogP contribution in [-0.4, -0.2) is 15.8 Å². The Kier molecular flexibility index (Phi) is 3.43. The second kappa shape index (κ2) is 4.86. The number of aromatic nitrogens is 1. The lowest BCUT2D eigenvalue weighted by molar-refractivity contribution is 0.0702. The van der Waals surface area contributed by atoms with Crippen molar-refractivity contribution in [2.45, 2.75) is 27.3 Å². The van der Waals surface area contributed by atoms with Crippen molar-refractivity contribution in [1.82, 2.24) is 4.68 Å². The third kappa shape index (κ3) is 2.41. The third-order valence-electron chi connectivity index (χ3n) is 2.93. The van der Waals surface area contributed by atoms with Crippen LogP contribution in [0.1, 0.15) is 31.5 Å². The van der Waals surface area contributed by atoms with Crippen LogP contribution >= 0.6 is 11.3 Å². The van der Waals surface area contributed by atoms with E-state index in [2.05, 4.69) is 5.43 Å². The fourth-order valence-corrected chi connectivity index (χ4v) is 2.76. The molecular weight excluding hydrogens is 248 g/mol. The summed E-state index contributed by atoms with van der Waals surface area (Å²) in [4.78, 5) is 12.3. The molecule has 0 aliphatic rings. The average Bonchev–Trinajstić information content (AvgIpc) is 2.82. The van der Waals surface area contributed by atoms with E-state index in [4.69, 9.17) is 5.11 Å². The summed E-state index contributed by atoms with van der Waals surface area (Å²) in [5.41, 5.74) is 6.61. The summed E-state index contributed by atoms with van der Waals surface area (Å²) in [6.07, 6.45) is 0. The highest BCUT2D eigenvalue weighted by atomic mass is 32.1. The standard InChI is InChI=1S/C13H16N2O2S/c1-8-4-5-9(2)15(8)14-7-11-6-12(13(16)17)18-10(11)3/h4-6,14H,7H2,1-3H3,(H,16,17). The van der Waals surface area contributed by atoms with Crippen molar-refractivity contribution < 1.29 is 9.90 Å². The zero-order valence-electron chi connectivity index (χ0n) is 10.7. The van der Waals surface area contributed by atoms with Gasteiger partial charge in [-0.05, 0) is 44.5 Å². The molecule has 0 fully saturated rings. The molecule has 18 heavy (non-hydrogen) atoms. The number of nitrogens with zero attached hydrogens (tertiary/aromatic N) is 1. The van der Waals surface area contributed by atoms with Gasteiger partial charge in [-0.2, -0.15) is 0 Å². The molecular formula is C13H16N2O2S. The van der Waals surface area contributed by atoms with E-state index >= 15 is 0 Å². The predicted molar refractivity (Wildman–Crippen MR) is 73.0 cm³/mol. The van der Waals surface area contributed by atoms with E-state index in [1.807, 2.05) is 37.6 Å². The summed E-state index contributed by atoms with van der Waals surface area (Å²) in [6.45, 7) is 6.64. The lowest BCUT2D eigenvalue weighted by atomic mass is 10.2. The second-order valence-corrected chi connectivity index (χ2v) is 5.54. The maximum atomic E-state index is 10.9. The summed E-state index contributed by atoms with van der Waals surface area (Å²) in [5, 5.41) is 8.95. The molecule has 0 saturated carbocycles. The van der Waals surface area contributed by atoms with E-state index < -0.39 is 5.97 Å². The van der Waals surface area contributed by atoms with Crippen LogP contribution in [0.25, 0.3) is 0 Å². The van der Waals surface area contributed by atoms with Crippen LogP contribution < -0.4 is 5.43 Å². The van der Waals surface area contributed by atoms with Gasteiger partial charge in [0.25, 0.3) is 0 Å². The number of nitrogens with one attached hydrogen (secondary N) is 1. The molecule has 0 aliphatic heterocycles. The minimum Gasteiger partial charge on any atom is -0.477 e. The van der Waals surface area contributed by atoms with Crippen LogP contribution in [0.3, 0.4) is 0 Å². The quantitative estimate of drug-likeness (QED) is 0.892. The first kappa shape index (κ1) is 12.7. The van der Waals surface area contributed by atoms with Crippen molar-refractivity contribution >= 4 is 17.3 Å². The van der Waals surface area contributed by atoms with Crippen molar-refractivity contribution in [3.05, 3.63) is 44.9 Å². The monoisotopic (exact) mass is 264 g/mol. The van der Waals surface area contributed by atoms with E-state index in [1.165, 1.54) is 11.3 Å². The fourth-order valence-electron chi connectivity index (χ4n) is 1.88. The molecule has 0 bridgehead atoms. The molecule has 0 aliphatic carbocycles. The van der Waals surface area contributed by atoms with E-state index in [1.54, 1.807) is 6.07 Å². The largest absolute Gasteiger partial charge is 0.477 e. The van der Waals surface area contributed by atoms with Gasteiger partial charge in [0.05, 0.1) is 6.54 Å². The number of carbonyl (C=O) groups is 1. The maximum Gasteiger partial charge on any atom is 0.345 e. The average molecular weight is 264 g/mol. The van der Waals surface area contributed by atoms with Gasteiger partial charge in [0.2, 0.25) is 0 Å². The Morgan fingerprint density at radius 3 is 2.44 bits per heavy atom. The van der Waals surface area contributed by atoms with Crippen LogP contribution in [0, 0.1) is 20.8 Å². The number of carboxylic acid groups (broad SMARTS) is 1. The van der Waals surface area contributed by atoms with Crippen molar-refractivity contribution in [3.63, 3.8) is 0 Å². The van der Waals surface area contributed by atoms with Crippen molar-refractivity contribution in [2.24, 2.45) is 0 Å². The Morgan fingerprint density at radius 2 is 1.94 bits per heavy atom. The zero-order valence-corrected chi connectivity index (χ0v) is 11.5. The first-order valence-corrected chi connectivity index (χ1v) is 6.52. The topological polar surface area (TPSA) is 54.3 Å². The number of rotatable bonds is 4. The summed E-state index contributed by atoms with van der Waals surface area (Å²) in [5.74, 6) is -0.859. The second-order valence-electron chi connectivity index (χ2n) is 4.28. The number of aromatic carboxylic acids is 1. The Balaban J connectivity index is 2.13. The highest BCUT2D eigenvalue weighted by Crippen LogP contribution is 2.21. The van der Waals surface area contributed by atoms with Crippen LogP contribution in [0.15, 0.2) is 18.2 Å². The SMILES string of the molecule is Cc1sc(C(=O)O)cc1CNn1c(C)ccc1C. The van der Waals surface area contributed by atoms with Crippen molar-refractivity contribution in [3.8, 4) is 0 Å². The minimum atomic E-state index is -0.859. The molecule has 2 aromatic heterocycles. The number of aryl methyl sites for hydroxylation is 3. The molecule has 2 aromatic rings. The van der Waals surface area contributed by atoms with Crippen LogP contribution in [0.5, 0.6) is 0 Å². The maximum absolute atomic E-state index is 10.9. The molecule has 2 heterocycles. The van der Waals surface area contributed by atoms with Gasteiger partial charge in [-0.15, -0.1) is 11.3 Å². The van der Waals surface area contributed by atoms with Crippen molar-refractivity contribution in [1.29, 1.82) is 0 Å². The minimum absolute atomic E-state index is 0.394. The van der Waals surface area contributed by atoms with Gasteiger partial charge >= 0.3 is 5.97 Å². The first-order chi connectivity index (χ1) is 8.49. The van der Waals surface area contributed by atoms with E-state index in [-0.39, 0.29) is 0 Å². The number of thiophene rings is 1. The summed E-state index contributed by atoms with van der Waals surface area (Å²) < 4.78 is 2.01. The van der Waals surface area contributed by atoms with Gasteiger partial charge in [0.15, 0.2) is 0 Å². The van der Waals surface area contributed by atoms with Gasteiger partial charge in [0.1, 0.15) is 4.88 Å². The van der Waals surface area contributed by atoms with Crippen LogP contribution in [-0.2, 0) is 6.54 Å². The Hall–Kier alpha value is -1.75. The summed E-state index contributed by atoms with van der Waals surface area (Å²) in [7, 11) is 0. The van der Waals surface area contributed by atoms with Crippen molar-refractivity contribution in [2.75, 3.05) is 5.43 Å². The van der Waals surface area contributed by atoms with Gasteiger partial charge < -0.3 is 10.5 Å².